The lowest BCUT2D eigenvalue weighted by atomic mass is 9.87. The molecular formula is C15H21NO4S. The van der Waals surface area contributed by atoms with Crippen LogP contribution in [0.2, 0.25) is 0 Å². The van der Waals surface area contributed by atoms with Crippen molar-refractivity contribution in [2.75, 3.05) is 7.11 Å². The number of carbonyl (C=O) groups excluding carboxylic acids is 1. The van der Waals surface area contributed by atoms with Crippen LogP contribution in [0.4, 0.5) is 0 Å². The molecule has 0 radical (unpaired) electrons. The molecule has 0 aliphatic heterocycles. The van der Waals surface area contributed by atoms with E-state index in [4.69, 9.17) is 0 Å². The Balaban J connectivity index is 2.29. The van der Waals surface area contributed by atoms with Crippen molar-refractivity contribution < 1.29 is 17.9 Å². The van der Waals surface area contributed by atoms with E-state index >= 15 is 0 Å². The average Bonchev–Trinajstić information content (AvgIpc) is 2.48. The summed E-state index contributed by atoms with van der Waals surface area (Å²) in [6, 6.07) is 6.04. The molecule has 0 spiro atoms. The molecule has 21 heavy (non-hydrogen) atoms. The number of esters is 1. The second kappa shape index (κ2) is 6.58. The standard InChI is InChI=1S/C15H21NO4S/c1-11-7-3-5-9-13(11)16-21(18,19)14-10-6-4-8-12(14)15(17)20-2/h4,6,8,10-11,13,16H,3,5,7,9H2,1-2H3. The summed E-state index contributed by atoms with van der Waals surface area (Å²) in [6.45, 7) is 2.05. The van der Waals surface area contributed by atoms with Gasteiger partial charge in [0.15, 0.2) is 0 Å². The first-order valence-corrected chi connectivity index (χ1v) is 8.63. The van der Waals surface area contributed by atoms with Gasteiger partial charge in [-0.1, -0.05) is 31.9 Å². The Kier molecular flexibility index (Phi) is 5.00. The molecule has 5 nitrogen and oxygen atoms in total. The van der Waals surface area contributed by atoms with Gasteiger partial charge in [0.1, 0.15) is 0 Å². The van der Waals surface area contributed by atoms with E-state index in [9.17, 15) is 13.2 Å². The Morgan fingerprint density at radius 3 is 2.57 bits per heavy atom. The van der Waals surface area contributed by atoms with E-state index in [1.54, 1.807) is 12.1 Å². The van der Waals surface area contributed by atoms with E-state index in [1.807, 2.05) is 0 Å². The summed E-state index contributed by atoms with van der Waals surface area (Å²) in [5.74, 6) is -0.341. The van der Waals surface area contributed by atoms with E-state index in [0.717, 1.165) is 25.7 Å². The highest BCUT2D eigenvalue weighted by Gasteiger charge is 2.29. The normalized spacial score (nSPS) is 22.8. The first-order valence-electron chi connectivity index (χ1n) is 7.15. The third kappa shape index (κ3) is 3.63. The highest BCUT2D eigenvalue weighted by atomic mass is 32.2. The van der Waals surface area contributed by atoms with Gasteiger partial charge < -0.3 is 4.74 Å². The molecule has 6 heteroatoms. The fraction of sp³-hybridized carbons (Fsp3) is 0.533. The van der Waals surface area contributed by atoms with Gasteiger partial charge in [0.2, 0.25) is 10.0 Å². The number of nitrogens with one attached hydrogen (secondary N) is 1. The Bertz CT molecular complexity index is 612. The molecular weight excluding hydrogens is 290 g/mol. The highest BCUT2D eigenvalue weighted by Crippen LogP contribution is 2.26. The van der Waals surface area contributed by atoms with Crippen molar-refractivity contribution >= 4 is 16.0 Å². The number of ether oxygens (including phenoxy) is 1. The lowest BCUT2D eigenvalue weighted by Crippen LogP contribution is -2.41. The molecule has 2 rings (SSSR count). The Labute approximate surface area is 125 Å². The van der Waals surface area contributed by atoms with Crippen molar-refractivity contribution in [3.8, 4) is 0 Å². The minimum atomic E-state index is -3.73. The summed E-state index contributed by atoms with van der Waals surface area (Å²) in [5.41, 5.74) is 0.0657. The largest absolute Gasteiger partial charge is 0.465 e. The number of sulfonamides is 1. The third-order valence-corrected chi connectivity index (χ3v) is 5.55. The van der Waals surface area contributed by atoms with Gasteiger partial charge in [-0.15, -0.1) is 0 Å². The van der Waals surface area contributed by atoms with Crippen molar-refractivity contribution in [3.63, 3.8) is 0 Å². The predicted octanol–water partition coefficient (Wildman–Crippen LogP) is 2.33. The van der Waals surface area contributed by atoms with Gasteiger partial charge in [-0.3, -0.25) is 0 Å². The Morgan fingerprint density at radius 2 is 1.90 bits per heavy atom. The first kappa shape index (κ1) is 16.0. The summed E-state index contributed by atoms with van der Waals surface area (Å²) in [6.07, 6.45) is 4.01. The number of methoxy groups -OCH3 is 1. The summed E-state index contributed by atoms with van der Waals surface area (Å²) in [7, 11) is -2.49. The zero-order valence-electron chi connectivity index (χ0n) is 12.3. The monoisotopic (exact) mass is 311 g/mol. The van der Waals surface area contributed by atoms with Crippen LogP contribution in [0, 0.1) is 5.92 Å². The van der Waals surface area contributed by atoms with Gasteiger partial charge in [-0.25, -0.2) is 17.9 Å². The van der Waals surface area contributed by atoms with Crippen molar-refractivity contribution in [3.05, 3.63) is 29.8 Å². The maximum Gasteiger partial charge on any atom is 0.339 e. The molecule has 1 aliphatic carbocycles. The summed E-state index contributed by atoms with van der Waals surface area (Å²) in [4.78, 5) is 11.7. The maximum atomic E-state index is 12.6. The van der Waals surface area contributed by atoms with E-state index in [1.165, 1.54) is 19.2 Å². The summed E-state index contributed by atoms with van der Waals surface area (Å²) < 4.78 is 32.5. The molecule has 2 unspecified atom stereocenters. The van der Waals surface area contributed by atoms with Crippen LogP contribution in [0.1, 0.15) is 43.0 Å². The number of hydrogen-bond donors (Lipinski definition) is 1. The number of rotatable bonds is 4. The van der Waals surface area contributed by atoms with Crippen molar-refractivity contribution in [2.24, 2.45) is 5.92 Å². The number of benzene rings is 1. The lowest BCUT2D eigenvalue weighted by molar-refractivity contribution is 0.0596. The second-order valence-electron chi connectivity index (χ2n) is 5.48. The van der Waals surface area contributed by atoms with Crippen LogP contribution >= 0.6 is 0 Å². The molecule has 2 atom stereocenters. The van der Waals surface area contributed by atoms with Crippen molar-refractivity contribution in [1.82, 2.24) is 4.72 Å². The van der Waals surface area contributed by atoms with Crippen molar-refractivity contribution in [2.45, 2.75) is 43.5 Å². The smallest absolute Gasteiger partial charge is 0.339 e. The SMILES string of the molecule is COC(=O)c1ccccc1S(=O)(=O)NC1CCCCC1C. The van der Waals surface area contributed by atoms with Gasteiger partial charge in [-0.2, -0.15) is 0 Å². The van der Waals surface area contributed by atoms with E-state index < -0.39 is 16.0 Å². The minimum Gasteiger partial charge on any atom is -0.465 e. The topological polar surface area (TPSA) is 72.5 Å². The molecule has 1 fully saturated rings. The van der Waals surface area contributed by atoms with Gasteiger partial charge in [0, 0.05) is 6.04 Å². The van der Waals surface area contributed by atoms with E-state index in [2.05, 4.69) is 16.4 Å². The van der Waals surface area contributed by atoms with Crippen LogP contribution in [0.5, 0.6) is 0 Å². The maximum absolute atomic E-state index is 12.6. The first-order chi connectivity index (χ1) is 9.95. The number of carbonyl (C=O) groups is 1. The fourth-order valence-electron chi connectivity index (χ4n) is 2.73. The molecule has 116 valence electrons. The van der Waals surface area contributed by atoms with Gasteiger partial charge >= 0.3 is 5.97 Å². The minimum absolute atomic E-state index is 0.0189. The van der Waals surface area contributed by atoms with Gasteiger partial charge in [-0.05, 0) is 30.9 Å². The molecule has 0 bridgehead atoms. The Morgan fingerprint density at radius 1 is 1.24 bits per heavy atom. The van der Waals surface area contributed by atoms with Gasteiger partial charge in [0.05, 0.1) is 17.6 Å². The third-order valence-electron chi connectivity index (χ3n) is 4.00. The lowest BCUT2D eigenvalue weighted by Gasteiger charge is -2.29. The molecule has 1 aliphatic rings. The van der Waals surface area contributed by atoms with Crippen molar-refractivity contribution in [1.29, 1.82) is 0 Å². The predicted molar refractivity (Wildman–Crippen MR) is 79.5 cm³/mol. The summed E-state index contributed by atoms with van der Waals surface area (Å²) >= 11 is 0. The van der Waals surface area contributed by atoms with Crippen LogP contribution < -0.4 is 4.72 Å². The zero-order valence-corrected chi connectivity index (χ0v) is 13.2. The van der Waals surface area contributed by atoms with Crippen LogP contribution in [0.25, 0.3) is 0 Å². The molecule has 0 heterocycles. The molecule has 1 N–H and O–H groups in total. The van der Waals surface area contributed by atoms with Crippen LogP contribution in [0.3, 0.4) is 0 Å². The zero-order chi connectivity index (χ0) is 15.5. The van der Waals surface area contributed by atoms with Crippen LogP contribution in [-0.4, -0.2) is 27.5 Å². The Hall–Kier alpha value is -1.40. The van der Waals surface area contributed by atoms with E-state index in [-0.39, 0.29) is 16.5 Å². The molecule has 0 saturated heterocycles. The van der Waals surface area contributed by atoms with E-state index in [0.29, 0.717) is 5.92 Å². The molecule has 1 aromatic rings. The van der Waals surface area contributed by atoms with Crippen LogP contribution in [-0.2, 0) is 14.8 Å². The van der Waals surface area contributed by atoms with Crippen LogP contribution in [0.15, 0.2) is 29.2 Å². The molecule has 1 saturated carbocycles. The molecule has 0 aromatic heterocycles. The average molecular weight is 311 g/mol. The molecule has 0 amide bonds. The van der Waals surface area contributed by atoms with Gasteiger partial charge in [0.25, 0.3) is 0 Å². The fourth-order valence-corrected chi connectivity index (χ4v) is 4.31. The molecule has 1 aromatic carbocycles. The highest BCUT2D eigenvalue weighted by molar-refractivity contribution is 7.89. The quantitative estimate of drug-likeness (QED) is 0.866. The summed E-state index contributed by atoms with van der Waals surface area (Å²) in [5, 5.41) is 0. The number of hydrogen-bond acceptors (Lipinski definition) is 4. The second-order valence-corrected chi connectivity index (χ2v) is 7.16.